The highest BCUT2D eigenvalue weighted by Gasteiger charge is 2.58. The van der Waals surface area contributed by atoms with E-state index in [1.54, 1.807) is 6.07 Å². The van der Waals surface area contributed by atoms with Crippen molar-refractivity contribution in [1.82, 2.24) is 20.1 Å². The first-order chi connectivity index (χ1) is 27.7. The number of hydrogen-bond donors (Lipinski definition) is 4. The lowest BCUT2D eigenvalue weighted by Gasteiger charge is -2.65. The van der Waals surface area contributed by atoms with Gasteiger partial charge in [-0.15, -0.1) is 0 Å². The number of carbonyl (C=O) groups excluding carboxylic acids is 1. The molecule has 1 unspecified atom stereocenters. The first-order valence-electron chi connectivity index (χ1n) is 20.3. The Morgan fingerprint density at radius 3 is 2.22 bits per heavy atom. The minimum atomic E-state index is -0.869. The Hall–Kier alpha value is -5.73. The van der Waals surface area contributed by atoms with Crippen LogP contribution in [0.4, 0.5) is 26.7 Å². The number of likely N-dealkylation sites (tertiary alicyclic amines) is 2. The van der Waals surface area contributed by atoms with Crippen molar-refractivity contribution < 1.29 is 29.1 Å². The Balaban J connectivity index is 0.000000199. The van der Waals surface area contributed by atoms with E-state index in [0.29, 0.717) is 24.7 Å². The number of aryl methyl sites for hydroxylation is 1. The maximum atomic E-state index is 12.8. The number of aromatic hydroxyl groups is 1. The molecule has 4 N–H and O–H groups in total. The number of H-pyrrole nitrogens is 1. The third kappa shape index (κ3) is 8.58. The smallest absolute Gasteiger partial charge is 0.417 e. The van der Waals surface area contributed by atoms with Crippen LogP contribution in [0.25, 0.3) is 11.1 Å². The van der Waals surface area contributed by atoms with E-state index in [9.17, 15) is 29.6 Å². The zero-order chi connectivity index (χ0) is 41.2. The summed E-state index contributed by atoms with van der Waals surface area (Å²) in [6.07, 6.45) is 5.93. The van der Waals surface area contributed by atoms with Gasteiger partial charge in [-0.1, -0.05) is 51.1 Å². The number of fused-ring (bicyclic) bond motifs is 1. The summed E-state index contributed by atoms with van der Waals surface area (Å²) < 4.78 is 5.31. The van der Waals surface area contributed by atoms with Crippen molar-refractivity contribution in [1.29, 1.82) is 0 Å². The van der Waals surface area contributed by atoms with Crippen LogP contribution in [0.15, 0.2) is 75.9 Å². The Kier molecular flexibility index (Phi) is 11.3. The molecule has 3 amide bonds. The molecule has 0 aliphatic carbocycles. The van der Waals surface area contributed by atoms with Crippen molar-refractivity contribution in [3.8, 4) is 5.75 Å². The van der Waals surface area contributed by atoms with Crippen LogP contribution in [0.3, 0.4) is 0 Å². The fourth-order valence-corrected chi connectivity index (χ4v) is 9.76. The molecule has 8 rings (SSSR count). The van der Waals surface area contributed by atoms with Gasteiger partial charge in [-0.2, -0.15) is 0 Å². The summed E-state index contributed by atoms with van der Waals surface area (Å²) in [7, 11) is 0. The van der Waals surface area contributed by atoms with Gasteiger partial charge >= 0.3 is 23.6 Å². The van der Waals surface area contributed by atoms with Crippen molar-refractivity contribution in [2.24, 2.45) is 16.2 Å². The number of amides is 3. The number of anilines is 2. The fourth-order valence-electron chi connectivity index (χ4n) is 9.76. The van der Waals surface area contributed by atoms with Crippen LogP contribution < -0.4 is 20.9 Å². The second kappa shape index (κ2) is 16.3. The van der Waals surface area contributed by atoms with Gasteiger partial charge in [-0.05, 0) is 74.1 Å². The van der Waals surface area contributed by atoms with E-state index in [2.05, 4.69) is 71.2 Å². The predicted octanol–water partition coefficient (Wildman–Crippen LogP) is 7.05. The summed E-state index contributed by atoms with van der Waals surface area (Å²) >= 11 is 0. The SMILES string of the molecule is CC(C)(C)C1N(c2ccc3[nH]c(=O)oc3c2)CC12CCN(C(=O)NCCCCc1ccccc1)CC2.O=C(O)N1CCC2(CC1)CN(c1ccc([N+](=O)[O-])c(O)c1)C2. The van der Waals surface area contributed by atoms with Crippen molar-refractivity contribution in [3.05, 3.63) is 93.0 Å². The van der Waals surface area contributed by atoms with E-state index in [4.69, 9.17) is 9.52 Å². The molecular formula is C43H55N7O8. The van der Waals surface area contributed by atoms with Crippen molar-refractivity contribution in [2.45, 2.75) is 71.8 Å². The lowest BCUT2D eigenvalue weighted by molar-refractivity contribution is -0.385. The number of phenols is 1. The molecule has 4 aliphatic heterocycles. The zero-order valence-electron chi connectivity index (χ0n) is 33.6. The summed E-state index contributed by atoms with van der Waals surface area (Å²) in [5.41, 5.74) is 4.63. The van der Waals surface area contributed by atoms with Gasteiger partial charge in [0.15, 0.2) is 11.3 Å². The summed E-state index contributed by atoms with van der Waals surface area (Å²) in [5, 5.41) is 32.5. The van der Waals surface area contributed by atoms with Gasteiger partial charge in [0.2, 0.25) is 0 Å². The molecule has 310 valence electrons. The number of hydrogen-bond acceptors (Lipinski definition) is 9. The number of phenolic OH excluding ortho intramolecular Hbond substituents is 1. The Bertz CT molecular complexity index is 2160. The van der Waals surface area contributed by atoms with E-state index < -0.39 is 16.8 Å². The first kappa shape index (κ1) is 40.5. The number of oxazole rings is 1. The first-order valence-corrected chi connectivity index (χ1v) is 20.3. The highest BCUT2D eigenvalue weighted by atomic mass is 16.6. The van der Waals surface area contributed by atoms with Gasteiger partial charge in [0.25, 0.3) is 0 Å². The van der Waals surface area contributed by atoms with Crippen LogP contribution in [-0.2, 0) is 6.42 Å². The van der Waals surface area contributed by atoms with Crippen molar-refractivity contribution >= 4 is 40.3 Å². The van der Waals surface area contributed by atoms with Crippen LogP contribution in [0.1, 0.15) is 64.9 Å². The molecule has 4 aliphatic rings. The number of nitro benzene ring substituents is 1. The molecule has 15 heteroatoms. The maximum absolute atomic E-state index is 12.8. The Morgan fingerprint density at radius 1 is 0.914 bits per heavy atom. The van der Waals surface area contributed by atoms with Gasteiger partial charge in [-0.3, -0.25) is 15.1 Å². The topological polar surface area (TPSA) is 189 Å². The normalized spacial score (nSPS) is 19.6. The van der Waals surface area contributed by atoms with E-state index in [1.165, 1.54) is 22.6 Å². The summed E-state index contributed by atoms with van der Waals surface area (Å²) in [5.74, 6) is -0.749. The molecule has 4 fully saturated rings. The molecule has 0 saturated carbocycles. The molecule has 5 heterocycles. The molecule has 4 saturated heterocycles. The lowest BCUT2D eigenvalue weighted by atomic mass is 9.57. The van der Waals surface area contributed by atoms with Crippen LogP contribution >= 0.6 is 0 Å². The average Bonchev–Trinajstić information content (AvgIpc) is 3.55. The van der Waals surface area contributed by atoms with Crippen LogP contribution in [0.2, 0.25) is 0 Å². The molecule has 15 nitrogen and oxygen atoms in total. The van der Waals surface area contributed by atoms with Crippen molar-refractivity contribution in [2.75, 3.05) is 62.2 Å². The number of rotatable bonds is 8. The maximum Gasteiger partial charge on any atom is 0.417 e. The van der Waals surface area contributed by atoms with E-state index in [1.807, 2.05) is 23.1 Å². The van der Waals surface area contributed by atoms with Gasteiger partial charge in [0, 0.05) is 98.8 Å². The van der Waals surface area contributed by atoms with Gasteiger partial charge in [0.1, 0.15) is 0 Å². The van der Waals surface area contributed by atoms with Crippen molar-refractivity contribution in [3.63, 3.8) is 0 Å². The number of aromatic nitrogens is 1. The largest absolute Gasteiger partial charge is 0.502 e. The number of nitro groups is 1. The number of aromatic amines is 1. The number of nitrogens with one attached hydrogen (secondary N) is 2. The highest BCUT2D eigenvalue weighted by Crippen LogP contribution is 2.54. The quantitative estimate of drug-likeness (QED) is 0.0817. The van der Waals surface area contributed by atoms with E-state index in [-0.39, 0.29) is 33.7 Å². The van der Waals surface area contributed by atoms with Gasteiger partial charge < -0.3 is 39.5 Å². The number of piperidine rings is 2. The fraction of sp³-hybridized carbons (Fsp3) is 0.512. The Labute approximate surface area is 337 Å². The molecule has 2 spiro atoms. The molecule has 3 aromatic carbocycles. The second-order valence-corrected chi connectivity index (χ2v) is 17.7. The van der Waals surface area contributed by atoms with Crippen LogP contribution in [0, 0.1) is 26.4 Å². The lowest BCUT2D eigenvalue weighted by Crippen LogP contribution is -2.72. The summed E-state index contributed by atoms with van der Waals surface area (Å²) in [4.78, 5) is 56.0. The third-order valence-corrected chi connectivity index (χ3v) is 12.7. The number of carbonyl (C=O) groups is 2. The highest BCUT2D eigenvalue weighted by molar-refractivity contribution is 5.78. The van der Waals surface area contributed by atoms with E-state index in [0.717, 1.165) is 101 Å². The zero-order valence-corrected chi connectivity index (χ0v) is 33.6. The second-order valence-electron chi connectivity index (χ2n) is 17.7. The summed E-state index contributed by atoms with van der Waals surface area (Å²) in [6, 6.07) is 21.3. The minimum absolute atomic E-state index is 0.0704. The number of carboxylic acid groups (broad SMARTS) is 1. The average molecular weight is 798 g/mol. The number of nitrogens with zero attached hydrogens (tertiary/aromatic N) is 5. The van der Waals surface area contributed by atoms with Crippen LogP contribution in [-0.4, -0.2) is 100 Å². The number of benzene rings is 3. The molecule has 1 atom stereocenters. The Morgan fingerprint density at radius 2 is 1.59 bits per heavy atom. The molecule has 58 heavy (non-hydrogen) atoms. The molecular weight excluding hydrogens is 743 g/mol. The van der Waals surface area contributed by atoms with Gasteiger partial charge in [0.05, 0.1) is 10.4 Å². The molecule has 0 radical (unpaired) electrons. The van der Waals surface area contributed by atoms with Gasteiger partial charge in [-0.25, -0.2) is 14.4 Å². The monoisotopic (exact) mass is 797 g/mol. The molecule has 0 bridgehead atoms. The molecule has 4 aromatic rings. The minimum Gasteiger partial charge on any atom is -0.502 e. The third-order valence-electron chi connectivity index (χ3n) is 12.7. The predicted molar refractivity (Wildman–Crippen MR) is 222 cm³/mol. The standard InChI is InChI=1S/C29H38N4O3.C14H17N3O5/c1-28(2,3)25-29(20-33(25)22-12-13-23-24(19-22)36-27(35)31-23)14-17-32(18-15-29)26(34)30-16-8-7-11-21-9-5-4-6-10-21;18-12-7-10(1-2-11(12)17(21)22)16-8-14(9-16)3-5-15(6-4-14)13(19)20/h4-6,9-10,12-13,19,25H,7-8,11,14-18,20H2,1-3H3,(H,30,34)(H,31,35);1-2,7,18H,3-6,8-9H2,(H,19,20). The van der Waals surface area contributed by atoms with Crippen LogP contribution in [0.5, 0.6) is 5.75 Å². The van der Waals surface area contributed by atoms with E-state index >= 15 is 0 Å². The number of urea groups is 1. The number of unbranched alkanes of at least 4 members (excludes halogenated alkanes) is 1. The summed E-state index contributed by atoms with van der Waals surface area (Å²) in [6.45, 7) is 12.9. The molecule has 1 aromatic heterocycles.